The highest BCUT2D eigenvalue weighted by Crippen LogP contribution is 2.34. The first-order valence-corrected chi connectivity index (χ1v) is 8.93. The second kappa shape index (κ2) is 7.66. The Bertz CT molecular complexity index is 997. The summed E-state index contributed by atoms with van der Waals surface area (Å²) in [6.07, 6.45) is 3.22. The minimum atomic E-state index is -1.05. The van der Waals surface area contributed by atoms with E-state index < -0.39 is 12.1 Å². The van der Waals surface area contributed by atoms with E-state index in [1.54, 1.807) is 6.07 Å². The third kappa shape index (κ3) is 3.65. The van der Waals surface area contributed by atoms with E-state index in [1.165, 1.54) is 36.2 Å². The number of pyridine rings is 1. The van der Waals surface area contributed by atoms with Gasteiger partial charge in [0, 0.05) is 18.3 Å². The fourth-order valence-electron chi connectivity index (χ4n) is 3.33. The molecule has 0 aliphatic carbocycles. The molecule has 1 unspecified atom stereocenters. The Morgan fingerprint density at radius 3 is 2.82 bits per heavy atom. The molecule has 3 N–H and O–H groups in total. The van der Waals surface area contributed by atoms with E-state index in [-0.39, 0.29) is 11.4 Å². The van der Waals surface area contributed by atoms with Gasteiger partial charge in [0.2, 0.25) is 0 Å². The number of halogens is 1. The Balaban J connectivity index is 1.58. The maximum absolute atomic E-state index is 13.9. The number of aromatic nitrogens is 1. The molecule has 0 radical (unpaired) electrons. The third-order valence-corrected chi connectivity index (χ3v) is 4.69. The molecule has 3 aromatic rings. The number of anilines is 2. The number of hydrogen-bond acceptors (Lipinski definition) is 5. The molecule has 1 aromatic heterocycles. The van der Waals surface area contributed by atoms with Crippen molar-refractivity contribution in [1.82, 2.24) is 10.4 Å². The maximum atomic E-state index is 13.9. The minimum absolute atomic E-state index is 0.109. The molecule has 1 aliphatic rings. The van der Waals surface area contributed by atoms with Gasteiger partial charge in [-0.1, -0.05) is 30.3 Å². The molecular formula is C21H19FN4O2. The summed E-state index contributed by atoms with van der Waals surface area (Å²) in [5, 5.41) is 14.5. The van der Waals surface area contributed by atoms with Crippen LogP contribution < -0.4 is 15.8 Å². The molecule has 0 amide bonds. The Hall–Kier alpha value is -3.45. The standard InChI is InChI=1S/C21H19FN4O2/c22-15-6-7-19-17(12-15)20(24-18-13-23-10-8-16(18)21(27)28)25-26(19)11-9-14-4-2-1-3-5-14/h1-8,10,12-13,20,24-25H,9,11H2,(H,27,28). The summed E-state index contributed by atoms with van der Waals surface area (Å²) >= 11 is 0. The molecule has 2 aromatic carbocycles. The fraction of sp³-hybridized carbons (Fsp3) is 0.143. The van der Waals surface area contributed by atoms with Gasteiger partial charge >= 0.3 is 5.97 Å². The van der Waals surface area contributed by atoms with E-state index in [0.29, 0.717) is 17.8 Å². The second-order valence-corrected chi connectivity index (χ2v) is 6.52. The highest BCUT2D eigenvalue weighted by molar-refractivity contribution is 5.94. The van der Waals surface area contributed by atoms with Gasteiger partial charge in [-0.3, -0.25) is 4.98 Å². The van der Waals surface area contributed by atoms with Crippen molar-refractivity contribution in [2.45, 2.75) is 12.6 Å². The highest BCUT2D eigenvalue weighted by Gasteiger charge is 2.29. The number of rotatable bonds is 6. The molecular weight excluding hydrogens is 359 g/mol. The van der Waals surface area contributed by atoms with Crippen LogP contribution in [0.2, 0.25) is 0 Å². The lowest BCUT2D eigenvalue weighted by atomic mass is 10.1. The number of carboxylic acids is 1. The zero-order chi connectivity index (χ0) is 19.5. The molecule has 1 aliphatic heterocycles. The normalized spacial score (nSPS) is 15.3. The van der Waals surface area contributed by atoms with Crippen LogP contribution in [0.25, 0.3) is 0 Å². The van der Waals surface area contributed by atoms with E-state index in [2.05, 4.69) is 27.9 Å². The van der Waals surface area contributed by atoms with Gasteiger partial charge in [0.1, 0.15) is 12.0 Å². The molecule has 28 heavy (non-hydrogen) atoms. The summed E-state index contributed by atoms with van der Waals surface area (Å²) in [7, 11) is 0. The van der Waals surface area contributed by atoms with E-state index in [9.17, 15) is 14.3 Å². The topological polar surface area (TPSA) is 77.5 Å². The van der Waals surface area contributed by atoms with Crippen LogP contribution in [-0.4, -0.2) is 22.6 Å². The summed E-state index contributed by atoms with van der Waals surface area (Å²) in [5.41, 5.74) is 6.55. The molecule has 2 heterocycles. The summed E-state index contributed by atoms with van der Waals surface area (Å²) in [4.78, 5) is 15.5. The predicted octanol–water partition coefficient (Wildman–Crippen LogP) is 3.60. The lowest BCUT2D eigenvalue weighted by Gasteiger charge is -2.22. The minimum Gasteiger partial charge on any atom is -0.478 e. The smallest absolute Gasteiger partial charge is 0.337 e. The molecule has 6 nitrogen and oxygen atoms in total. The molecule has 4 rings (SSSR count). The van der Waals surface area contributed by atoms with Gasteiger partial charge in [0.25, 0.3) is 0 Å². The van der Waals surface area contributed by atoms with Crippen LogP contribution in [0.5, 0.6) is 0 Å². The number of carbonyl (C=O) groups is 1. The maximum Gasteiger partial charge on any atom is 0.337 e. The van der Waals surface area contributed by atoms with Crippen molar-refractivity contribution in [2.75, 3.05) is 16.9 Å². The van der Waals surface area contributed by atoms with Crippen LogP contribution in [-0.2, 0) is 6.42 Å². The number of benzene rings is 2. The number of hydrazine groups is 1. The molecule has 0 fully saturated rings. The van der Waals surface area contributed by atoms with Crippen molar-refractivity contribution >= 4 is 17.3 Å². The highest BCUT2D eigenvalue weighted by atomic mass is 19.1. The van der Waals surface area contributed by atoms with Gasteiger partial charge in [-0.2, -0.15) is 0 Å². The van der Waals surface area contributed by atoms with Crippen molar-refractivity contribution in [3.63, 3.8) is 0 Å². The van der Waals surface area contributed by atoms with Crippen LogP contribution in [0.3, 0.4) is 0 Å². The largest absolute Gasteiger partial charge is 0.478 e. The van der Waals surface area contributed by atoms with Gasteiger partial charge in [-0.25, -0.2) is 14.6 Å². The van der Waals surface area contributed by atoms with Crippen LogP contribution in [0, 0.1) is 5.82 Å². The van der Waals surface area contributed by atoms with Crippen molar-refractivity contribution in [3.05, 3.63) is 89.5 Å². The zero-order valence-electron chi connectivity index (χ0n) is 15.0. The summed E-state index contributed by atoms with van der Waals surface area (Å²) in [6, 6.07) is 16.1. The lowest BCUT2D eigenvalue weighted by Crippen LogP contribution is -2.38. The van der Waals surface area contributed by atoms with Crippen LogP contribution in [0.15, 0.2) is 67.0 Å². The molecule has 142 valence electrons. The van der Waals surface area contributed by atoms with Crippen molar-refractivity contribution < 1.29 is 14.3 Å². The summed E-state index contributed by atoms with van der Waals surface area (Å²) in [5.74, 6) is -1.40. The summed E-state index contributed by atoms with van der Waals surface area (Å²) < 4.78 is 13.9. The molecule has 0 spiro atoms. The van der Waals surface area contributed by atoms with Crippen molar-refractivity contribution in [3.8, 4) is 0 Å². The Morgan fingerprint density at radius 1 is 1.21 bits per heavy atom. The number of aromatic carboxylic acids is 1. The fourth-order valence-corrected chi connectivity index (χ4v) is 3.33. The first-order valence-electron chi connectivity index (χ1n) is 8.93. The first kappa shape index (κ1) is 17.9. The summed E-state index contributed by atoms with van der Waals surface area (Å²) in [6.45, 7) is 0.680. The Labute approximate surface area is 161 Å². The van der Waals surface area contributed by atoms with Crippen molar-refractivity contribution in [1.29, 1.82) is 0 Å². The quantitative estimate of drug-likeness (QED) is 0.608. The molecule has 1 atom stereocenters. The van der Waals surface area contributed by atoms with Gasteiger partial charge < -0.3 is 15.4 Å². The van der Waals surface area contributed by atoms with Gasteiger partial charge in [-0.15, -0.1) is 0 Å². The molecule has 0 bridgehead atoms. The number of fused-ring (bicyclic) bond motifs is 1. The first-order chi connectivity index (χ1) is 13.6. The monoisotopic (exact) mass is 378 g/mol. The van der Waals surface area contributed by atoms with Crippen LogP contribution >= 0.6 is 0 Å². The average molecular weight is 378 g/mol. The van der Waals surface area contributed by atoms with Gasteiger partial charge in [0.15, 0.2) is 0 Å². The van der Waals surface area contributed by atoms with Gasteiger partial charge in [0.05, 0.1) is 23.1 Å². The van der Waals surface area contributed by atoms with Crippen LogP contribution in [0.1, 0.15) is 27.7 Å². The molecule has 0 saturated heterocycles. The SMILES string of the molecule is O=C(O)c1ccncc1NC1NN(CCc2ccccc2)c2ccc(F)cc21. The second-order valence-electron chi connectivity index (χ2n) is 6.52. The Morgan fingerprint density at radius 2 is 2.04 bits per heavy atom. The van der Waals surface area contributed by atoms with E-state index in [4.69, 9.17) is 0 Å². The number of nitrogens with zero attached hydrogens (tertiary/aromatic N) is 2. The number of hydrogen-bond donors (Lipinski definition) is 3. The molecule has 0 saturated carbocycles. The van der Waals surface area contributed by atoms with Gasteiger partial charge in [-0.05, 0) is 36.2 Å². The number of nitrogens with one attached hydrogen (secondary N) is 2. The van der Waals surface area contributed by atoms with E-state index >= 15 is 0 Å². The van der Waals surface area contributed by atoms with E-state index in [1.807, 2.05) is 23.2 Å². The Kier molecular flexibility index (Phi) is 4.90. The third-order valence-electron chi connectivity index (χ3n) is 4.69. The lowest BCUT2D eigenvalue weighted by molar-refractivity contribution is 0.0697. The van der Waals surface area contributed by atoms with Crippen LogP contribution in [0.4, 0.5) is 15.8 Å². The average Bonchev–Trinajstić information content (AvgIpc) is 3.04. The van der Waals surface area contributed by atoms with E-state index in [0.717, 1.165) is 12.1 Å². The number of carboxylic acid groups (broad SMARTS) is 1. The molecule has 7 heteroatoms. The zero-order valence-corrected chi connectivity index (χ0v) is 15.0. The predicted molar refractivity (Wildman–Crippen MR) is 105 cm³/mol. The van der Waals surface area contributed by atoms with Crippen molar-refractivity contribution in [2.24, 2.45) is 0 Å².